The lowest BCUT2D eigenvalue weighted by molar-refractivity contribution is -0.134. The molecular weight excluding hydrogens is 304 g/mol. The van der Waals surface area contributed by atoms with Crippen molar-refractivity contribution in [3.8, 4) is 0 Å². The molecule has 1 aliphatic heterocycles. The zero-order valence-electron chi connectivity index (χ0n) is 16.9. The minimum absolute atomic E-state index is 0.0565. The molecule has 0 aliphatic carbocycles. The Balaban J connectivity index is 0.000000446. The summed E-state index contributed by atoms with van der Waals surface area (Å²) in [6.07, 6.45) is 1.19. The van der Waals surface area contributed by atoms with Crippen LogP contribution in [0, 0.1) is 23.2 Å². The molecule has 4 nitrogen and oxygen atoms in total. The number of hydrogen-bond donors (Lipinski definition) is 0. The lowest BCUT2D eigenvalue weighted by Gasteiger charge is -2.41. The molecule has 1 rings (SSSR count). The molecule has 0 bridgehead atoms. The fraction of sp³-hybridized carbons (Fsp3) is 0.850. The van der Waals surface area contributed by atoms with E-state index in [0.29, 0.717) is 24.0 Å². The van der Waals surface area contributed by atoms with E-state index in [0.717, 1.165) is 5.92 Å². The molecular formula is C20H36O4. The largest absolute Gasteiger partial charge is 0.375 e. The van der Waals surface area contributed by atoms with Gasteiger partial charge in [0.25, 0.3) is 0 Å². The Morgan fingerprint density at radius 2 is 1.08 bits per heavy atom. The molecule has 0 aromatic rings. The van der Waals surface area contributed by atoms with Gasteiger partial charge in [0.05, 0.1) is 12.2 Å². The molecule has 0 aromatic carbocycles. The third-order valence-electron chi connectivity index (χ3n) is 5.70. The van der Waals surface area contributed by atoms with E-state index in [1.807, 2.05) is 0 Å². The third-order valence-corrected chi connectivity index (χ3v) is 5.70. The van der Waals surface area contributed by atoms with E-state index in [2.05, 4.69) is 34.6 Å². The van der Waals surface area contributed by atoms with Crippen molar-refractivity contribution in [2.24, 2.45) is 23.2 Å². The van der Waals surface area contributed by atoms with Crippen LogP contribution in [0.2, 0.25) is 0 Å². The van der Waals surface area contributed by atoms with Crippen molar-refractivity contribution in [1.29, 1.82) is 0 Å². The van der Waals surface area contributed by atoms with Gasteiger partial charge in [-0.3, -0.25) is 14.4 Å². The van der Waals surface area contributed by atoms with E-state index in [4.69, 9.17) is 4.74 Å². The number of ether oxygens (including phenoxy) is 1. The summed E-state index contributed by atoms with van der Waals surface area (Å²) in [5, 5.41) is 0. The Hall–Kier alpha value is -1.03. The van der Waals surface area contributed by atoms with Gasteiger partial charge in [-0.15, -0.1) is 0 Å². The molecule has 0 amide bonds. The van der Waals surface area contributed by atoms with E-state index in [1.54, 1.807) is 6.92 Å². The number of Topliss-reactive ketones (excluding diaryl/α,β-unsaturated/α-hetero) is 3. The minimum Gasteiger partial charge on any atom is -0.375 e. The zero-order chi connectivity index (χ0) is 19.2. The molecule has 0 saturated carbocycles. The van der Waals surface area contributed by atoms with Crippen LogP contribution in [0.15, 0.2) is 0 Å². The van der Waals surface area contributed by atoms with Gasteiger partial charge < -0.3 is 4.74 Å². The summed E-state index contributed by atoms with van der Waals surface area (Å²) in [5.41, 5.74) is -0.794. The van der Waals surface area contributed by atoms with Gasteiger partial charge in [0.1, 0.15) is 17.3 Å². The first-order chi connectivity index (χ1) is 10.8. The number of carbonyl (C=O) groups excluding carboxylic acids is 3. The highest BCUT2D eigenvalue weighted by Gasteiger charge is 2.34. The summed E-state index contributed by atoms with van der Waals surface area (Å²) in [4.78, 5) is 33.0. The maximum absolute atomic E-state index is 11.2. The van der Waals surface area contributed by atoms with Crippen molar-refractivity contribution >= 4 is 17.3 Å². The molecule has 24 heavy (non-hydrogen) atoms. The molecule has 0 N–H and O–H groups in total. The van der Waals surface area contributed by atoms with Gasteiger partial charge in [-0.1, -0.05) is 27.7 Å². The van der Waals surface area contributed by atoms with E-state index in [1.165, 1.54) is 20.8 Å². The zero-order valence-corrected chi connectivity index (χ0v) is 16.9. The summed E-state index contributed by atoms with van der Waals surface area (Å²) in [5.74, 6) is 2.01. The molecule has 1 heterocycles. The molecule has 140 valence electrons. The monoisotopic (exact) mass is 340 g/mol. The van der Waals surface area contributed by atoms with E-state index < -0.39 is 5.41 Å². The molecule has 1 saturated heterocycles. The van der Waals surface area contributed by atoms with Crippen molar-refractivity contribution in [2.45, 2.75) is 87.4 Å². The van der Waals surface area contributed by atoms with Crippen LogP contribution in [0.3, 0.4) is 0 Å². The highest BCUT2D eigenvalue weighted by atomic mass is 16.5. The van der Waals surface area contributed by atoms with Gasteiger partial charge in [0.15, 0.2) is 0 Å². The second-order valence-electron chi connectivity index (χ2n) is 8.00. The minimum atomic E-state index is -0.794. The lowest BCUT2D eigenvalue weighted by Crippen LogP contribution is -2.41. The third kappa shape index (κ3) is 6.84. The van der Waals surface area contributed by atoms with Crippen LogP contribution in [0.5, 0.6) is 0 Å². The Morgan fingerprint density at radius 1 is 0.750 bits per heavy atom. The summed E-state index contributed by atoms with van der Waals surface area (Å²) in [6, 6.07) is 0. The van der Waals surface area contributed by atoms with Gasteiger partial charge in [0.2, 0.25) is 0 Å². The normalized spacial score (nSPS) is 30.1. The van der Waals surface area contributed by atoms with Crippen LogP contribution in [0.4, 0.5) is 0 Å². The molecule has 1 aliphatic rings. The summed E-state index contributed by atoms with van der Waals surface area (Å²) in [6.45, 7) is 17.2. The van der Waals surface area contributed by atoms with Gasteiger partial charge in [0, 0.05) is 18.3 Å². The molecule has 4 unspecified atom stereocenters. The SMILES string of the molecule is CC(=O)CC(C)(CC(C)=O)C(C)=O.CC1OC(C)C(C)C(C)C1C. The van der Waals surface area contributed by atoms with Crippen molar-refractivity contribution in [3.05, 3.63) is 0 Å². The highest BCUT2D eigenvalue weighted by molar-refractivity contribution is 5.92. The fourth-order valence-corrected chi connectivity index (χ4v) is 3.33. The van der Waals surface area contributed by atoms with Gasteiger partial charge >= 0.3 is 0 Å². The second kappa shape index (κ2) is 9.45. The predicted molar refractivity (Wildman–Crippen MR) is 96.9 cm³/mol. The molecule has 0 aromatic heterocycles. The van der Waals surface area contributed by atoms with Crippen molar-refractivity contribution in [1.82, 2.24) is 0 Å². The average molecular weight is 341 g/mol. The van der Waals surface area contributed by atoms with E-state index >= 15 is 0 Å². The molecule has 1 fully saturated rings. The van der Waals surface area contributed by atoms with Crippen molar-refractivity contribution in [3.63, 3.8) is 0 Å². The van der Waals surface area contributed by atoms with Crippen LogP contribution in [0.1, 0.15) is 75.2 Å². The van der Waals surface area contributed by atoms with E-state index in [-0.39, 0.29) is 30.2 Å². The Kier molecular flexibility index (Phi) is 9.05. The smallest absolute Gasteiger partial charge is 0.136 e. The maximum atomic E-state index is 11.2. The summed E-state index contributed by atoms with van der Waals surface area (Å²) >= 11 is 0. The fourth-order valence-electron chi connectivity index (χ4n) is 3.33. The first kappa shape index (κ1) is 23.0. The molecule has 0 radical (unpaired) electrons. The Bertz CT molecular complexity index is 425. The number of hydrogen-bond acceptors (Lipinski definition) is 4. The van der Waals surface area contributed by atoms with Crippen LogP contribution >= 0.6 is 0 Å². The lowest BCUT2D eigenvalue weighted by atomic mass is 9.77. The number of rotatable bonds is 5. The van der Waals surface area contributed by atoms with Gasteiger partial charge in [-0.2, -0.15) is 0 Å². The first-order valence-corrected chi connectivity index (χ1v) is 8.97. The molecule has 0 spiro atoms. The topological polar surface area (TPSA) is 60.4 Å². The molecule has 4 heteroatoms. The predicted octanol–water partition coefficient (Wildman–Crippen LogP) is 4.24. The maximum Gasteiger partial charge on any atom is 0.136 e. The van der Waals surface area contributed by atoms with Crippen molar-refractivity contribution < 1.29 is 19.1 Å². The quantitative estimate of drug-likeness (QED) is 0.751. The summed E-state index contributed by atoms with van der Waals surface area (Å²) in [7, 11) is 0. The highest BCUT2D eigenvalue weighted by Crippen LogP contribution is 2.34. The van der Waals surface area contributed by atoms with Crippen LogP contribution in [0.25, 0.3) is 0 Å². The Morgan fingerprint density at radius 3 is 1.33 bits per heavy atom. The average Bonchev–Trinajstić information content (AvgIpc) is 2.41. The van der Waals surface area contributed by atoms with Crippen LogP contribution in [-0.2, 0) is 19.1 Å². The van der Waals surface area contributed by atoms with Crippen LogP contribution in [-0.4, -0.2) is 29.6 Å². The standard InChI is InChI=1S/C10H16O3.C10H20O/c1-7(11)5-10(4,9(3)13)6-8(2)12;1-6-7(2)9(4)11-10(5)8(6)3/h5-6H2,1-4H3;6-10H,1-5H3. The number of ketones is 3. The van der Waals surface area contributed by atoms with Gasteiger partial charge in [-0.25, -0.2) is 0 Å². The second-order valence-corrected chi connectivity index (χ2v) is 8.00. The van der Waals surface area contributed by atoms with Crippen molar-refractivity contribution in [2.75, 3.05) is 0 Å². The first-order valence-electron chi connectivity index (χ1n) is 8.97. The van der Waals surface area contributed by atoms with Gasteiger partial charge in [-0.05, 0) is 52.4 Å². The van der Waals surface area contributed by atoms with Crippen LogP contribution < -0.4 is 0 Å². The molecule has 4 atom stereocenters. The summed E-state index contributed by atoms with van der Waals surface area (Å²) < 4.78 is 5.78. The number of carbonyl (C=O) groups is 3. The van der Waals surface area contributed by atoms with E-state index in [9.17, 15) is 14.4 Å². The Labute approximate surface area is 147 Å².